The van der Waals surface area contributed by atoms with Gasteiger partial charge < -0.3 is 8.83 Å². The van der Waals surface area contributed by atoms with Crippen LogP contribution in [0.2, 0.25) is 0 Å². The number of rotatable bonds is 5. The van der Waals surface area contributed by atoms with Gasteiger partial charge in [-0.15, -0.1) is 11.3 Å². The van der Waals surface area contributed by atoms with Gasteiger partial charge in [0.05, 0.1) is 18.5 Å². The molecule has 12 rings (SSSR count). The summed E-state index contributed by atoms with van der Waals surface area (Å²) in [5.74, 6) is 0. The minimum Gasteiger partial charge on any atom is -0.456 e. The molecule has 8 aromatic carbocycles. The first-order chi connectivity index (χ1) is 29.1. The number of nitrogens with zero attached hydrogens (tertiary/aromatic N) is 2. The predicted molar refractivity (Wildman–Crippen MR) is 245 cm³/mol. The van der Waals surface area contributed by atoms with Gasteiger partial charge in [-0.1, -0.05) is 152 Å². The van der Waals surface area contributed by atoms with Crippen LogP contribution < -0.4 is 5.32 Å². The summed E-state index contributed by atoms with van der Waals surface area (Å²) in [4.78, 5) is 4.97. The normalized spacial score (nSPS) is 18.0. The Hall–Kier alpha value is -6.54. The first-order valence-electron chi connectivity index (χ1n) is 20.2. The smallest absolute Gasteiger partial charge is 0.143 e. The fourth-order valence-electron chi connectivity index (χ4n) is 9.78. The molecule has 0 amide bonds. The van der Waals surface area contributed by atoms with Crippen molar-refractivity contribution in [2.45, 2.75) is 18.5 Å². The number of hydrogen-bond acceptors (Lipinski definition) is 6. The summed E-state index contributed by atoms with van der Waals surface area (Å²) >= 11 is 1.91. The molecule has 1 fully saturated rings. The third-order valence-corrected chi connectivity index (χ3v) is 13.8. The van der Waals surface area contributed by atoms with E-state index in [9.17, 15) is 0 Å². The van der Waals surface area contributed by atoms with Crippen molar-refractivity contribution < 1.29 is 8.83 Å². The van der Waals surface area contributed by atoms with Crippen LogP contribution in [0.5, 0.6) is 0 Å². The van der Waals surface area contributed by atoms with Gasteiger partial charge in [-0.2, -0.15) is 0 Å². The molecule has 0 spiro atoms. The van der Waals surface area contributed by atoms with Gasteiger partial charge >= 0.3 is 0 Å². The number of benzene rings is 8. The first-order valence-corrected chi connectivity index (χ1v) is 21.0. The lowest BCUT2D eigenvalue weighted by Gasteiger charge is -2.50. The van der Waals surface area contributed by atoms with Gasteiger partial charge in [-0.3, -0.25) is 15.1 Å². The Labute approximate surface area is 345 Å². The molecular formula is C53H39N3O2S. The quantitative estimate of drug-likeness (QED) is 0.188. The number of para-hydroxylation sites is 2. The Kier molecular flexibility index (Phi) is 7.90. The second-order valence-electron chi connectivity index (χ2n) is 15.8. The van der Waals surface area contributed by atoms with Crippen molar-refractivity contribution in [1.82, 2.24) is 15.1 Å². The molecule has 284 valence electrons. The third kappa shape index (κ3) is 5.35. The molecule has 11 aromatic rings. The van der Waals surface area contributed by atoms with E-state index in [-0.39, 0.29) is 18.5 Å². The lowest BCUT2D eigenvalue weighted by Crippen LogP contribution is -2.55. The van der Waals surface area contributed by atoms with Crippen LogP contribution in [-0.4, -0.2) is 23.9 Å². The molecule has 59 heavy (non-hydrogen) atoms. The standard InChI is InChI=1S/C53H39N3O2S/c1-55-51(32-15-5-3-6-16-32)54-52(33-17-7-4-8-18-33)56(2)53(55)42-26-13-25-40-39-24-11-20-35(49(39)59-50(40)42)34-29-30-45-43(31-34)38-23-12-22-37(48(38)58-45)36-21-14-28-46-47(36)41-19-9-10-27-44(41)57-46/h3-31,51-54H,1-2H3. The van der Waals surface area contributed by atoms with Crippen LogP contribution in [-0.2, 0) is 0 Å². The van der Waals surface area contributed by atoms with Crippen molar-refractivity contribution in [2.24, 2.45) is 0 Å². The maximum Gasteiger partial charge on any atom is 0.143 e. The minimum atomic E-state index is 0.0144. The van der Waals surface area contributed by atoms with Crippen LogP contribution in [0.15, 0.2) is 185 Å². The molecule has 3 aromatic heterocycles. The van der Waals surface area contributed by atoms with Gasteiger partial charge in [0, 0.05) is 52.8 Å². The number of furan rings is 2. The van der Waals surface area contributed by atoms with E-state index in [1.165, 1.54) is 48.0 Å². The fraction of sp³-hybridized carbons (Fsp3) is 0.0943. The van der Waals surface area contributed by atoms with Crippen LogP contribution in [0.4, 0.5) is 0 Å². The van der Waals surface area contributed by atoms with Crippen LogP contribution in [0.1, 0.15) is 35.2 Å². The van der Waals surface area contributed by atoms with E-state index in [2.05, 4.69) is 187 Å². The maximum atomic E-state index is 6.74. The van der Waals surface area contributed by atoms with Crippen molar-refractivity contribution in [3.63, 3.8) is 0 Å². The van der Waals surface area contributed by atoms with E-state index >= 15 is 0 Å². The molecule has 4 heterocycles. The summed E-state index contributed by atoms with van der Waals surface area (Å²) in [5, 5.41) is 11.0. The molecular weight excluding hydrogens is 743 g/mol. The van der Waals surface area contributed by atoms with E-state index in [1.807, 2.05) is 29.5 Å². The zero-order valence-electron chi connectivity index (χ0n) is 32.6. The van der Waals surface area contributed by atoms with E-state index in [0.29, 0.717) is 0 Å². The highest BCUT2D eigenvalue weighted by molar-refractivity contribution is 7.26. The van der Waals surface area contributed by atoms with Gasteiger partial charge in [0.15, 0.2) is 0 Å². The second kappa shape index (κ2) is 13.5. The Morgan fingerprint density at radius 1 is 0.458 bits per heavy atom. The monoisotopic (exact) mass is 781 g/mol. The maximum absolute atomic E-state index is 6.74. The van der Waals surface area contributed by atoms with E-state index in [4.69, 9.17) is 8.83 Å². The molecule has 6 heteroatoms. The average Bonchev–Trinajstić information content (AvgIpc) is 3.99. The molecule has 0 saturated carbocycles. The van der Waals surface area contributed by atoms with Crippen LogP contribution in [0, 0.1) is 0 Å². The molecule has 0 bridgehead atoms. The molecule has 2 atom stereocenters. The summed E-state index contributed by atoms with van der Waals surface area (Å²) in [6, 6.07) is 63.0. The fourth-order valence-corrected chi connectivity index (χ4v) is 11.1. The zero-order valence-corrected chi connectivity index (χ0v) is 33.4. The summed E-state index contributed by atoms with van der Waals surface area (Å²) < 4.78 is 15.6. The highest BCUT2D eigenvalue weighted by Gasteiger charge is 2.40. The highest BCUT2D eigenvalue weighted by Crippen LogP contribution is 2.48. The van der Waals surface area contributed by atoms with Crippen molar-refractivity contribution in [1.29, 1.82) is 0 Å². The SMILES string of the molecule is CN1C(c2ccccc2)NC(c2ccccc2)N(C)C1c1cccc2c1sc1c(-c3ccc4oc5c(-c6cccc7oc8ccccc8c67)cccc5c4c3)cccc12. The topological polar surface area (TPSA) is 44.8 Å². The number of nitrogens with one attached hydrogen (secondary N) is 1. The Bertz CT molecular complexity index is 3330. The molecule has 5 nitrogen and oxygen atoms in total. The summed E-state index contributed by atoms with van der Waals surface area (Å²) in [6.45, 7) is 0. The molecule has 1 saturated heterocycles. The molecule has 0 radical (unpaired) electrons. The Morgan fingerprint density at radius 3 is 1.80 bits per heavy atom. The number of thiophene rings is 1. The second-order valence-corrected chi connectivity index (χ2v) is 16.8. The largest absolute Gasteiger partial charge is 0.456 e. The van der Waals surface area contributed by atoms with Crippen molar-refractivity contribution in [2.75, 3.05) is 14.1 Å². The minimum absolute atomic E-state index is 0.0144. The van der Waals surface area contributed by atoms with Crippen LogP contribution in [0.25, 0.3) is 86.3 Å². The molecule has 1 aliphatic rings. The predicted octanol–water partition coefficient (Wildman–Crippen LogP) is 14.1. The van der Waals surface area contributed by atoms with Gasteiger partial charge in [0.25, 0.3) is 0 Å². The van der Waals surface area contributed by atoms with Crippen LogP contribution in [0.3, 0.4) is 0 Å². The van der Waals surface area contributed by atoms with Gasteiger partial charge in [-0.05, 0) is 66.2 Å². The first kappa shape index (κ1) is 34.5. The highest BCUT2D eigenvalue weighted by atomic mass is 32.1. The summed E-state index contributed by atoms with van der Waals surface area (Å²) in [5.41, 5.74) is 11.9. The Morgan fingerprint density at radius 2 is 1.03 bits per heavy atom. The Balaban J connectivity index is 0.994. The molecule has 0 aliphatic carbocycles. The van der Waals surface area contributed by atoms with Crippen molar-refractivity contribution >= 4 is 75.4 Å². The average molecular weight is 782 g/mol. The summed E-state index contributed by atoms with van der Waals surface area (Å²) in [6.07, 6.45) is 0.0548. The summed E-state index contributed by atoms with van der Waals surface area (Å²) in [7, 11) is 4.50. The zero-order chi connectivity index (χ0) is 39.2. The molecule has 2 unspecified atom stereocenters. The number of hydrogen-bond donors (Lipinski definition) is 1. The van der Waals surface area contributed by atoms with Gasteiger partial charge in [-0.25, -0.2) is 0 Å². The molecule has 1 aliphatic heterocycles. The van der Waals surface area contributed by atoms with E-state index in [0.717, 1.165) is 55.0 Å². The lowest BCUT2D eigenvalue weighted by molar-refractivity contribution is -0.0652. The van der Waals surface area contributed by atoms with E-state index < -0.39 is 0 Å². The lowest BCUT2D eigenvalue weighted by atomic mass is 9.96. The van der Waals surface area contributed by atoms with E-state index in [1.54, 1.807) is 0 Å². The van der Waals surface area contributed by atoms with Gasteiger partial charge in [0.1, 0.15) is 22.3 Å². The molecule has 1 N–H and O–H groups in total. The van der Waals surface area contributed by atoms with Crippen LogP contribution >= 0.6 is 11.3 Å². The number of fused-ring (bicyclic) bond motifs is 9. The van der Waals surface area contributed by atoms with Crippen molar-refractivity contribution in [3.05, 3.63) is 193 Å². The van der Waals surface area contributed by atoms with Crippen molar-refractivity contribution in [3.8, 4) is 22.3 Å². The third-order valence-electron chi connectivity index (χ3n) is 12.5. The van der Waals surface area contributed by atoms with Gasteiger partial charge in [0.2, 0.25) is 0 Å².